The molecule has 2 aliphatic rings. The van der Waals surface area contributed by atoms with Crippen molar-refractivity contribution in [2.75, 3.05) is 24.6 Å². The first-order valence-electron chi connectivity index (χ1n) is 9.14. The topological polar surface area (TPSA) is 146 Å². The van der Waals surface area contributed by atoms with Crippen LogP contribution >= 0.6 is 21.6 Å². The first kappa shape index (κ1) is 22.8. The minimum absolute atomic E-state index is 0.145. The third-order valence-electron chi connectivity index (χ3n) is 4.35. The van der Waals surface area contributed by atoms with Gasteiger partial charge in [0.15, 0.2) is 12.1 Å². The molecule has 0 bridgehead atoms. The van der Waals surface area contributed by atoms with Crippen molar-refractivity contribution >= 4 is 45.2 Å². The molecule has 2 fully saturated rings. The Kier molecular flexibility index (Phi) is 9.35. The Morgan fingerprint density at radius 2 is 1.21 bits per heavy atom. The number of rotatable bonds is 9. The predicted molar refractivity (Wildman–Crippen MR) is 107 cm³/mol. The third-order valence-corrected chi connectivity index (χ3v) is 6.74. The molecule has 4 N–H and O–H groups in total. The first-order valence-corrected chi connectivity index (χ1v) is 11.6. The SMILES string of the molecule is O=C(O)[C@H](CSSC[C@H](N=C1CCCCN1O)C(=O)O)N=C1CCCCN1O. The standard InChI is InChI=1S/C16H26N4O6S2/c21-15(22)11(17-13-5-1-3-7-19(13)25)9-27-28-10-12(16(23)24)18-14-6-2-4-8-20(14)26/h11-12,25-26H,1-10H2,(H,21,22)(H,23,24)/t11-,12-/m0/s1. The first-order chi connectivity index (χ1) is 13.4. The van der Waals surface area contributed by atoms with Crippen LogP contribution in [-0.2, 0) is 9.59 Å². The van der Waals surface area contributed by atoms with Gasteiger partial charge < -0.3 is 10.2 Å². The predicted octanol–water partition coefficient (Wildman–Crippen LogP) is 1.82. The van der Waals surface area contributed by atoms with Gasteiger partial charge in [-0.05, 0) is 25.7 Å². The van der Waals surface area contributed by atoms with E-state index in [1.165, 1.54) is 21.6 Å². The number of carbonyl (C=O) groups is 2. The molecular weight excluding hydrogens is 408 g/mol. The van der Waals surface area contributed by atoms with Gasteiger partial charge in [0.1, 0.15) is 11.7 Å². The number of carboxylic acids is 2. The fourth-order valence-corrected chi connectivity index (χ4v) is 5.02. The Morgan fingerprint density at radius 3 is 1.54 bits per heavy atom. The molecule has 2 saturated heterocycles. The number of piperidine rings is 2. The van der Waals surface area contributed by atoms with Gasteiger partial charge >= 0.3 is 11.9 Å². The molecular formula is C16H26N4O6S2. The molecule has 2 atom stereocenters. The summed E-state index contributed by atoms with van der Waals surface area (Å²) in [5, 5.41) is 40.3. The Hall–Kier alpha value is -1.50. The number of hydrogen-bond donors (Lipinski definition) is 4. The lowest BCUT2D eigenvalue weighted by molar-refractivity contribution is -0.138. The molecule has 0 aromatic heterocycles. The van der Waals surface area contributed by atoms with E-state index in [2.05, 4.69) is 9.98 Å². The second kappa shape index (κ2) is 11.5. The summed E-state index contributed by atoms with van der Waals surface area (Å²) >= 11 is 0. The Balaban J connectivity index is 1.86. The molecule has 2 rings (SSSR count). The van der Waals surface area contributed by atoms with Crippen molar-refractivity contribution in [2.24, 2.45) is 9.98 Å². The summed E-state index contributed by atoms with van der Waals surface area (Å²) in [5.74, 6) is -1.14. The van der Waals surface area contributed by atoms with Crippen LogP contribution in [0.25, 0.3) is 0 Å². The quantitative estimate of drug-likeness (QED) is 0.313. The zero-order valence-electron chi connectivity index (χ0n) is 15.4. The van der Waals surface area contributed by atoms with Crippen molar-refractivity contribution < 1.29 is 30.2 Å². The summed E-state index contributed by atoms with van der Waals surface area (Å²) in [6, 6.07) is -2.03. The highest BCUT2D eigenvalue weighted by Crippen LogP contribution is 2.26. The molecule has 0 unspecified atom stereocenters. The lowest BCUT2D eigenvalue weighted by atomic mass is 10.1. The van der Waals surface area contributed by atoms with E-state index < -0.39 is 24.0 Å². The molecule has 2 heterocycles. The second-order valence-electron chi connectivity index (χ2n) is 6.53. The molecule has 158 valence electrons. The van der Waals surface area contributed by atoms with Crippen LogP contribution in [0.15, 0.2) is 9.98 Å². The molecule has 28 heavy (non-hydrogen) atoms. The van der Waals surface area contributed by atoms with Gasteiger partial charge in [0, 0.05) is 37.4 Å². The molecule has 0 radical (unpaired) electrons. The average Bonchev–Trinajstić information content (AvgIpc) is 2.65. The van der Waals surface area contributed by atoms with Crippen LogP contribution in [0.3, 0.4) is 0 Å². The Labute approximate surface area is 171 Å². The highest BCUT2D eigenvalue weighted by molar-refractivity contribution is 8.76. The van der Waals surface area contributed by atoms with Crippen LogP contribution in [0.1, 0.15) is 38.5 Å². The monoisotopic (exact) mass is 434 g/mol. The summed E-state index contributed by atoms with van der Waals surface area (Å²) in [6.45, 7) is 0.880. The van der Waals surface area contributed by atoms with Crippen molar-refractivity contribution in [3.63, 3.8) is 0 Å². The lowest BCUT2D eigenvalue weighted by Gasteiger charge is -2.25. The fraction of sp³-hybridized carbons (Fsp3) is 0.750. The number of nitrogens with zero attached hydrogens (tertiary/aromatic N) is 4. The van der Waals surface area contributed by atoms with Crippen LogP contribution in [-0.4, -0.2) is 91.0 Å². The second-order valence-corrected chi connectivity index (χ2v) is 9.08. The molecule has 0 amide bonds. The molecule has 0 aliphatic carbocycles. The van der Waals surface area contributed by atoms with Crippen molar-refractivity contribution in [3.05, 3.63) is 0 Å². The van der Waals surface area contributed by atoms with Crippen molar-refractivity contribution in [1.82, 2.24) is 10.1 Å². The summed E-state index contributed by atoms with van der Waals surface area (Å²) in [6.07, 6.45) is 4.45. The van der Waals surface area contributed by atoms with E-state index in [4.69, 9.17) is 0 Å². The normalized spacial score (nSPS) is 23.1. The van der Waals surface area contributed by atoms with Gasteiger partial charge in [-0.2, -0.15) is 0 Å². The van der Waals surface area contributed by atoms with Crippen LogP contribution in [0.2, 0.25) is 0 Å². The van der Waals surface area contributed by atoms with Crippen LogP contribution in [0, 0.1) is 0 Å². The number of carboxylic acid groups (broad SMARTS) is 2. The maximum absolute atomic E-state index is 11.4. The lowest BCUT2D eigenvalue weighted by Crippen LogP contribution is -2.35. The Morgan fingerprint density at radius 1 is 0.821 bits per heavy atom. The van der Waals surface area contributed by atoms with Crippen molar-refractivity contribution in [2.45, 2.75) is 50.6 Å². The maximum Gasteiger partial charge on any atom is 0.329 e. The van der Waals surface area contributed by atoms with E-state index in [1.54, 1.807) is 0 Å². The number of hydrogen-bond acceptors (Lipinski definition) is 8. The van der Waals surface area contributed by atoms with Gasteiger partial charge in [0.25, 0.3) is 0 Å². The average molecular weight is 435 g/mol. The van der Waals surface area contributed by atoms with E-state index in [0.717, 1.165) is 35.8 Å². The molecule has 10 nitrogen and oxygen atoms in total. The molecule has 0 spiro atoms. The van der Waals surface area contributed by atoms with Crippen LogP contribution < -0.4 is 0 Å². The molecule has 2 aliphatic heterocycles. The molecule has 0 saturated carbocycles. The molecule has 0 aromatic carbocycles. The zero-order chi connectivity index (χ0) is 20.5. The molecule has 12 heteroatoms. The minimum Gasteiger partial charge on any atom is -0.480 e. The van der Waals surface area contributed by atoms with Gasteiger partial charge in [0.05, 0.1) is 0 Å². The maximum atomic E-state index is 11.4. The smallest absolute Gasteiger partial charge is 0.329 e. The highest BCUT2D eigenvalue weighted by Gasteiger charge is 2.24. The number of aliphatic carboxylic acids is 2. The van der Waals surface area contributed by atoms with Gasteiger partial charge in [0.2, 0.25) is 0 Å². The number of aliphatic imine (C=N–C) groups is 2. The van der Waals surface area contributed by atoms with E-state index >= 15 is 0 Å². The van der Waals surface area contributed by atoms with Crippen molar-refractivity contribution in [3.8, 4) is 0 Å². The van der Waals surface area contributed by atoms with Crippen LogP contribution in [0.4, 0.5) is 0 Å². The Bertz CT molecular complexity index is 566. The van der Waals surface area contributed by atoms with Gasteiger partial charge in [-0.25, -0.2) is 19.7 Å². The summed E-state index contributed by atoms with van der Waals surface area (Å²) < 4.78 is 0. The summed E-state index contributed by atoms with van der Waals surface area (Å²) in [7, 11) is 2.42. The van der Waals surface area contributed by atoms with E-state index in [9.17, 15) is 30.2 Å². The third kappa shape index (κ3) is 7.15. The number of amidine groups is 2. The van der Waals surface area contributed by atoms with Gasteiger partial charge in [-0.15, -0.1) is 0 Å². The van der Waals surface area contributed by atoms with E-state index in [0.29, 0.717) is 37.6 Å². The van der Waals surface area contributed by atoms with Gasteiger partial charge in [-0.1, -0.05) is 21.6 Å². The summed E-state index contributed by atoms with van der Waals surface area (Å²) in [5.41, 5.74) is 0. The molecule has 0 aromatic rings. The largest absolute Gasteiger partial charge is 0.480 e. The fourth-order valence-electron chi connectivity index (χ4n) is 2.78. The van der Waals surface area contributed by atoms with Crippen molar-refractivity contribution in [1.29, 1.82) is 0 Å². The van der Waals surface area contributed by atoms with Crippen LogP contribution in [0.5, 0.6) is 0 Å². The zero-order valence-corrected chi connectivity index (χ0v) is 17.1. The van der Waals surface area contributed by atoms with Gasteiger partial charge in [-0.3, -0.25) is 20.4 Å². The minimum atomic E-state index is -1.09. The summed E-state index contributed by atoms with van der Waals surface area (Å²) in [4.78, 5) is 31.2. The number of hydroxylamine groups is 4. The van der Waals surface area contributed by atoms with E-state index in [1.807, 2.05) is 0 Å². The van der Waals surface area contributed by atoms with E-state index in [-0.39, 0.29) is 11.5 Å². The highest BCUT2D eigenvalue weighted by atomic mass is 33.1.